The highest BCUT2D eigenvalue weighted by Gasteiger charge is 2.37. The normalized spacial score (nSPS) is 16.5. The van der Waals surface area contributed by atoms with E-state index in [2.05, 4.69) is 0 Å². The van der Waals surface area contributed by atoms with Crippen LogP contribution < -0.4 is 0 Å². The number of hydrogen-bond acceptors (Lipinski definition) is 3. The van der Waals surface area contributed by atoms with Crippen LogP contribution in [0.15, 0.2) is 24.3 Å². The molecule has 2 rings (SSSR count). The molecule has 4 nitrogen and oxygen atoms in total. The zero-order valence-corrected chi connectivity index (χ0v) is 8.14. The maximum Gasteiger partial charge on any atom is 0.262 e. The summed E-state index contributed by atoms with van der Waals surface area (Å²) in [4.78, 5) is 35.1. The fraction of sp³-hybridized carbons (Fsp3) is 0.182. The molecule has 1 unspecified atom stereocenters. The first-order chi connectivity index (χ1) is 7.16. The van der Waals surface area contributed by atoms with Gasteiger partial charge in [-0.05, 0) is 19.1 Å². The third kappa shape index (κ3) is 1.26. The van der Waals surface area contributed by atoms with Gasteiger partial charge >= 0.3 is 0 Å². The number of benzene rings is 1. The Hall–Kier alpha value is -1.97. The minimum atomic E-state index is -0.711. The minimum absolute atomic E-state index is 0.371. The lowest BCUT2D eigenvalue weighted by molar-refractivity contribution is -0.110. The summed E-state index contributed by atoms with van der Waals surface area (Å²) in [5.41, 5.74) is 0.743. The van der Waals surface area contributed by atoms with Gasteiger partial charge in [-0.15, -0.1) is 0 Å². The molecule has 0 aromatic heterocycles. The molecule has 4 heteroatoms. The van der Waals surface area contributed by atoms with Gasteiger partial charge in [-0.3, -0.25) is 14.5 Å². The van der Waals surface area contributed by atoms with Crippen LogP contribution in [0.1, 0.15) is 27.6 Å². The van der Waals surface area contributed by atoms with Crippen LogP contribution in [0.5, 0.6) is 0 Å². The van der Waals surface area contributed by atoms with E-state index < -0.39 is 17.9 Å². The van der Waals surface area contributed by atoms with Crippen molar-refractivity contribution in [3.05, 3.63) is 35.4 Å². The zero-order chi connectivity index (χ0) is 11.0. The SMILES string of the molecule is CC(C=O)N1C(=O)c2ccccc2C1=O. The monoisotopic (exact) mass is 203 g/mol. The Kier molecular flexibility index (Phi) is 2.11. The lowest BCUT2D eigenvalue weighted by Gasteiger charge is -2.16. The van der Waals surface area contributed by atoms with Gasteiger partial charge in [0.05, 0.1) is 17.2 Å². The second-order valence-electron chi connectivity index (χ2n) is 3.40. The molecule has 1 aliphatic rings. The average molecular weight is 203 g/mol. The maximum absolute atomic E-state index is 11.8. The first-order valence-electron chi connectivity index (χ1n) is 4.59. The number of nitrogens with zero attached hydrogens (tertiary/aromatic N) is 1. The van der Waals surface area contributed by atoms with E-state index >= 15 is 0 Å². The van der Waals surface area contributed by atoms with E-state index in [1.54, 1.807) is 24.3 Å². The Morgan fingerprint density at radius 1 is 1.13 bits per heavy atom. The maximum atomic E-state index is 11.8. The highest BCUT2D eigenvalue weighted by Crippen LogP contribution is 2.23. The van der Waals surface area contributed by atoms with E-state index in [0.29, 0.717) is 17.4 Å². The molecule has 0 aliphatic carbocycles. The summed E-state index contributed by atoms with van der Waals surface area (Å²) < 4.78 is 0. The highest BCUT2D eigenvalue weighted by molar-refractivity contribution is 6.22. The fourth-order valence-corrected chi connectivity index (χ4v) is 1.64. The van der Waals surface area contributed by atoms with Gasteiger partial charge in [-0.25, -0.2) is 0 Å². The van der Waals surface area contributed by atoms with Crippen molar-refractivity contribution < 1.29 is 14.4 Å². The molecule has 1 aliphatic heterocycles. The number of carbonyl (C=O) groups excluding carboxylic acids is 3. The van der Waals surface area contributed by atoms with Crippen molar-refractivity contribution in [2.24, 2.45) is 0 Å². The van der Waals surface area contributed by atoms with Crippen LogP contribution >= 0.6 is 0 Å². The molecule has 1 aromatic carbocycles. The van der Waals surface area contributed by atoms with Crippen LogP contribution in [0.3, 0.4) is 0 Å². The molecule has 0 fully saturated rings. The molecule has 1 heterocycles. The number of carbonyl (C=O) groups is 3. The second-order valence-corrected chi connectivity index (χ2v) is 3.40. The molecule has 15 heavy (non-hydrogen) atoms. The van der Waals surface area contributed by atoms with Crippen molar-refractivity contribution in [2.45, 2.75) is 13.0 Å². The first kappa shape index (κ1) is 9.58. The highest BCUT2D eigenvalue weighted by atomic mass is 16.2. The predicted octanol–water partition coefficient (Wildman–Crippen LogP) is 0.870. The van der Waals surface area contributed by atoms with E-state index in [9.17, 15) is 14.4 Å². The Morgan fingerprint density at radius 2 is 1.60 bits per heavy atom. The van der Waals surface area contributed by atoms with Crippen LogP contribution in [0, 0.1) is 0 Å². The van der Waals surface area contributed by atoms with Gasteiger partial charge < -0.3 is 4.79 Å². The van der Waals surface area contributed by atoms with Crippen LogP contribution in [0.2, 0.25) is 0 Å². The van der Waals surface area contributed by atoms with E-state index in [1.807, 2.05) is 0 Å². The van der Waals surface area contributed by atoms with Gasteiger partial charge in [0.1, 0.15) is 6.29 Å². The summed E-state index contributed by atoms with van der Waals surface area (Å²) in [6, 6.07) is 5.86. The van der Waals surface area contributed by atoms with Crippen LogP contribution in [-0.4, -0.2) is 29.0 Å². The van der Waals surface area contributed by atoms with Crippen molar-refractivity contribution in [2.75, 3.05) is 0 Å². The molecule has 0 N–H and O–H groups in total. The standard InChI is InChI=1S/C11H9NO3/c1-7(6-13)12-10(14)8-4-2-3-5-9(8)11(12)15/h2-7H,1H3. The third-order valence-electron chi connectivity index (χ3n) is 2.43. The average Bonchev–Trinajstić information content (AvgIpc) is 2.52. The Balaban J connectivity index is 2.50. The number of rotatable bonds is 2. The van der Waals surface area contributed by atoms with E-state index in [0.717, 1.165) is 4.90 Å². The summed E-state index contributed by atoms with van der Waals surface area (Å²) in [6.07, 6.45) is 0.585. The molecular weight excluding hydrogens is 194 g/mol. The minimum Gasteiger partial charge on any atom is -0.301 e. The molecule has 2 amide bonds. The molecule has 1 aromatic rings. The molecule has 0 saturated carbocycles. The number of hydrogen-bond donors (Lipinski definition) is 0. The van der Waals surface area contributed by atoms with Crippen LogP contribution in [0.25, 0.3) is 0 Å². The fourth-order valence-electron chi connectivity index (χ4n) is 1.64. The predicted molar refractivity (Wildman–Crippen MR) is 52.5 cm³/mol. The first-order valence-corrected chi connectivity index (χ1v) is 4.59. The van der Waals surface area contributed by atoms with Crippen molar-refractivity contribution >= 4 is 18.1 Å². The van der Waals surface area contributed by atoms with Gasteiger partial charge in [0, 0.05) is 0 Å². The lowest BCUT2D eigenvalue weighted by atomic mass is 10.1. The molecular formula is C11H9NO3. The van der Waals surface area contributed by atoms with Crippen molar-refractivity contribution in [1.29, 1.82) is 0 Å². The summed E-state index contributed by atoms with van der Waals surface area (Å²) in [6.45, 7) is 1.52. The smallest absolute Gasteiger partial charge is 0.262 e. The number of aldehydes is 1. The lowest BCUT2D eigenvalue weighted by Crippen LogP contribution is -2.38. The Morgan fingerprint density at radius 3 is 2.00 bits per heavy atom. The summed E-state index contributed by atoms with van der Waals surface area (Å²) in [7, 11) is 0. The largest absolute Gasteiger partial charge is 0.301 e. The topological polar surface area (TPSA) is 54.5 Å². The molecule has 0 saturated heterocycles. The molecule has 1 atom stereocenters. The van der Waals surface area contributed by atoms with Crippen molar-refractivity contribution in [1.82, 2.24) is 4.90 Å². The van der Waals surface area contributed by atoms with Gasteiger partial charge in [0.25, 0.3) is 11.8 Å². The quantitative estimate of drug-likeness (QED) is 0.529. The number of amides is 2. The van der Waals surface area contributed by atoms with Gasteiger partial charge in [0.15, 0.2) is 0 Å². The summed E-state index contributed by atoms with van der Waals surface area (Å²) >= 11 is 0. The zero-order valence-electron chi connectivity index (χ0n) is 8.14. The number of fused-ring (bicyclic) bond motifs is 1. The molecule has 0 spiro atoms. The van der Waals surface area contributed by atoms with Gasteiger partial charge in [0.2, 0.25) is 0 Å². The van der Waals surface area contributed by atoms with E-state index in [4.69, 9.17) is 0 Å². The molecule has 76 valence electrons. The van der Waals surface area contributed by atoms with E-state index in [1.165, 1.54) is 6.92 Å². The van der Waals surface area contributed by atoms with Gasteiger partial charge in [-0.2, -0.15) is 0 Å². The van der Waals surface area contributed by atoms with Crippen LogP contribution in [0.4, 0.5) is 0 Å². The van der Waals surface area contributed by atoms with Crippen molar-refractivity contribution in [3.8, 4) is 0 Å². The molecule has 0 bridgehead atoms. The summed E-state index contributed by atoms with van der Waals surface area (Å²) in [5, 5.41) is 0. The second kappa shape index (κ2) is 3.31. The third-order valence-corrected chi connectivity index (χ3v) is 2.43. The van der Waals surface area contributed by atoms with E-state index in [-0.39, 0.29) is 0 Å². The Bertz CT molecular complexity index is 418. The van der Waals surface area contributed by atoms with Gasteiger partial charge in [-0.1, -0.05) is 12.1 Å². The van der Waals surface area contributed by atoms with Crippen LogP contribution in [-0.2, 0) is 4.79 Å². The Labute approximate surface area is 86.5 Å². The number of imide groups is 1. The molecule has 0 radical (unpaired) electrons. The summed E-state index contributed by atoms with van der Waals surface area (Å²) in [5.74, 6) is -0.787. The van der Waals surface area contributed by atoms with Crippen molar-refractivity contribution in [3.63, 3.8) is 0 Å².